The van der Waals surface area contributed by atoms with Gasteiger partial charge in [0.05, 0.1) is 0 Å². The topological polar surface area (TPSA) is 96.0 Å². The number of hydrogen-bond acceptors (Lipinski definition) is 5. The first-order valence-corrected chi connectivity index (χ1v) is 10.8. The van der Waals surface area contributed by atoms with E-state index in [2.05, 4.69) is 12.2 Å². The summed E-state index contributed by atoms with van der Waals surface area (Å²) < 4.78 is 5.09. The molecule has 3 rings (SSSR count). The number of likely N-dealkylation sites (N-methyl/N-ethyl adjacent to an activating group) is 1. The highest BCUT2D eigenvalue weighted by molar-refractivity contribution is 6.09. The largest absolute Gasteiger partial charge is 0.454 e. The molecule has 0 aromatic heterocycles. The van der Waals surface area contributed by atoms with E-state index in [-0.39, 0.29) is 30.4 Å². The van der Waals surface area contributed by atoms with Gasteiger partial charge in [-0.05, 0) is 50.4 Å². The average Bonchev–Trinajstić information content (AvgIpc) is 2.93. The van der Waals surface area contributed by atoms with E-state index >= 15 is 0 Å². The first-order chi connectivity index (χ1) is 13.7. The fourth-order valence-corrected chi connectivity index (χ4v) is 4.89. The molecule has 0 bridgehead atoms. The van der Waals surface area contributed by atoms with E-state index in [0.717, 1.165) is 49.8 Å². The standard InChI is InChI=1S/C21H33N3O5/c1-14-7-9-16(10-8-14)23(3)17(25)13-29-18(26)12-24-19(27)21(22-20(24)28)11-5-4-6-15(21)2/h14-16H,4-13H2,1-3H3,(H,22,28)/t14?,15-,16?,21-/m0/s1. The van der Waals surface area contributed by atoms with Crippen LogP contribution in [-0.4, -0.2) is 65.4 Å². The highest BCUT2D eigenvalue weighted by Gasteiger charge is 2.55. The van der Waals surface area contributed by atoms with Crippen molar-refractivity contribution in [3.63, 3.8) is 0 Å². The molecule has 1 saturated heterocycles. The van der Waals surface area contributed by atoms with Crippen LogP contribution in [0.25, 0.3) is 0 Å². The van der Waals surface area contributed by atoms with Crippen molar-refractivity contribution in [3.05, 3.63) is 0 Å². The van der Waals surface area contributed by atoms with Crippen molar-refractivity contribution in [3.8, 4) is 0 Å². The molecule has 2 atom stereocenters. The number of ether oxygens (including phenoxy) is 1. The number of rotatable bonds is 5. The Bertz CT molecular complexity index is 673. The molecule has 1 aliphatic heterocycles. The number of urea groups is 1. The summed E-state index contributed by atoms with van der Waals surface area (Å²) >= 11 is 0. The van der Waals surface area contributed by atoms with E-state index < -0.39 is 24.1 Å². The molecule has 1 spiro atoms. The zero-order valence-corrected chi connectivity index (χ0v) is 17.7. The second-order valence-corrected chi connectivity index (χ2v) is 9.02. The van der Waals surface area contributed by atoms with Gasteiger partial charge in [0.2, 0.25) is 0 Å². The Balaban J connectivity index is 1.49. The van der Waals surface area contributed by atoms with Gasteiger partial charge < -0.3 is 15.0 Å². The molecule has 2 saturated carbocycles. The van der Waals surface area contributed by atoms with Gasteiger partial charge in [-0.1, -0.05) is 26.7 Å². The highest BCUT2D eigenvalue weighted by atomic mass is 16.5. The molecule has 2 aliphatic carbocycles. The van der Waals surface area contributed by atoms with Crippen LogP contribution in [0.15, 0.2) is 0 Å². The van der Waals surface area contributed by atoms with Gasteiger partial charge in [0.1, 0.15) is 12.1 Å². The Morgan fingerprint density at radius 1 is 1.14 bits per heavy atom. The Morgan fingerprint density at radius 2 is 1.83 bits per heavy atom. The summed E-state index contributed by atoms with van der Waals surface area (Å²) in [6, 6.07) is -0.378. The predicted octanol–water partition coefficient (Wildman–Crippen LogP) is 2.07. The third-order valence-corrected chi connectivity index (χ3v) is 7.07. The maximum atomic E-state index is 12.9. The second kappa shape index (κ2) is 8.71. The Kier molecular flexibility index (Phi) is 6.49. The summed E-state index contributed by atoms with van der Waals surface area (Å²) in [5, 5.41) is 2.81. The van der Waals surface area contributed by atoms with Crippen LogP contribution in [0.5, 0.6) is 0 Å². The number of esters is 1. The lowest BCUT2D eigenvalue weighted by Gasteiger charge is -2.36. The predicted molar refractivity (Wildman–Crippen MR) is 106 cm³/mol. The van der Waals surface area contributed by atoms with E-state index in [0.29, 0.717) is 12.3 Å². The second-order valence-electron chi connectivity index (χ2n) is 9.02. The van der Waals surface area contributed by atoms with Crippen molar-refractivity contribution in [2.75, 3.05) is 20.2 Å². The maximum Gasteiger partial charge on any atom is 0.326 e. The molecule has 0 radical (unpaired) electrons. The molecule has 8 heteroatoms. The molecule has 0 aromatic rings. The van der Waals surface area contributed by atoms with Crippen LogP contribution in [0.2, 0.25) is 0 Å². The number of imide groups is 1. The lowest BCUT2D eigenvalue weighted by Crippen LogP contribution is -2.54. The van der Waals surface area contributed by atoms with E-state index in [1.54, 1.807) is 11.9 Å². The summed E-state index contributed by atoms with van der Waals surface area (Å²) in [4.78, 5) is 52.4. The fraction of sp³-hybridized carbons (Fsp3) is 0.810. The van der Waals surface area contributed by atoms with Gasteiger partial charge in [-0.15, -0.1) is 0 Å². The van der Waals surface area contributed by atoms with Crippen molar-refractivity contribution in [2.24, 2.45) is 11.8 Å². The van der Waals surface area contributed by atoms with Crippen molar-refractivity contribution in [1.82, 2.24) is 15.1 Å². The molecule has 4 amide bonds. The third kappa shape index (κ3) is 4.41. The summed E-state index contributed by atoms with van der Waals surface area (Å²) in [5.41, 5.74) is -0.899. The molecule has 3 aliphatic rings. The van der Waals surface area contributed by atoms with Crippen LogP contribution in [0.3, 0.4) is 0 Å². The molecular formula is C21H33N3O5. The number of carbonyl (C=O) groups is 4. The SMILES string of the molecule is CC1CCC(N(C)C(=O)COC(=O)CN2C(=O)N[C@]3(CCCC[C@@H]3C)C2=O)CC1. The molecule has 0 unspecified atom stereocenters. The van der Waals surface area contributed by atoms with Crippen LogP contribution in [0, 0.1) is 11.8 Å². The van der Waals surface area contributed by atoms with Crippen LogP contribution in [-0.2, 0) is 19.1 Å². The molecule has 29 heavy (non-hydrogen) atoms. The summed E-state index contributed by atoms with van der Waals surface area (Å²) in [5.74, 6) is -0.638. The number of nitrogens with one attached hydrogen (secondary N) is 1. The number of amides is 4. The van der Waals surface area contributed by atoms with Gasteiger partial charge in [-0.25, -0.2) is 4.79 Å². The van der Waals surface area contributed by atoms with E-state index in [4.69, 9.17) is 4.74 Å². The first-order valence-electron chi connectivity index (χ1n) is 10.8. The summed E-state index contributed by atoms with van der Waals surface area (Å²) in [6.45, 7) is 3.34. The molecule has 162 valence electrons. The van der Waals surface area contributed by atoms with Crippen LogP contribution < -0.4 is 5.32 Å². The van der Waals surface area contributed by atoms with Crippen molar-refractivity contribution < 1.29 is 23.9 Å². The van der Waals surface area contributed by atoms with Gasteiger partial charge in [0.25, 0.3) is 11.8 Å². The van der Waals surface area contributed by atoms with Crippen molar-refractivity contribution >= 4 is 23.8 Å². The Labute approximate surface area is 172 Å². The highest BCUT2D eigenvalue weighted by Crippen LogP contribution is 2.38. The lowest BCUT2D eigenvalue weighted by atomic mass is 9.73. The molecule has 1 N–H and O–H groups in total. The minimum absolute atomic E-state index is 0.0298. The number of hydrogen-bond donors (Lipinski definition) is 1. The quantitative estimate of drug-likeness (QED) is 0.556. The summed E-state index contributed by atoms with van der Waals surface area (Å²) in [6.07, 6.45) is 7.46. The van der Waals surface area contributed by atoms with Gasteiger partial charge in [0, 0.05) is 13.1 Å². The smallest absolute Gasteiger partial charge is 0.326 e. The van der Waals surface area contributed by atoms with E-state index in [9.17, 15) is 19.2 Å². The molecule has 0 aromatic carbocycles. The molecule has 3 fully saturated rings. The Morgan fingerprint density at radius 3 is 2.48 bits per heavy atom. The van der Waals surface area contributed by atoms with Crippen LogP contribution in [0.4, 0.5) is 4.79 Å². The van der Waals surface area contributed by atoms with E-state index in [1.807, 2.05) is 6.92 Å². The van der Waals surface area contributed by atoms with Gasteiger partial charge in [-0.3, -0.25) is 19.3 Å². The first kappa shape index (κ1) is 21.6. The van der Waals surface area contributed by atoms with Crippen LogP contribution >= 0.6 is 0 Å². The lowest BCUT2D eigenvalue weighted by molar-refractivity contribution is -0.154. The number of nitrogens with zero attached hydrogens (tertiary/aromatic N) is 2. The minimum Gasteiger partial charge on any atom is -0.454 e. The average molecular weight is 408 g/mol. The minimum atomic E-state index is -0.899. The van der Waals surface area contributed by atoms with Crippen molar-refractivity contribution in [2.45, 2.75) is 76.8 Å². The number of carbonyl (C=O) groups excluding carboxylic acids is 4. The van der Waals surface area contributed by atoms with Gasteiger partial charge in [0.15, 0.2) is 6.61 Å². The normalized spacial score (nSPS) is 32.2. The zero-order chi connectivity index (χ0) is 21.2. The van der Waals surface area contributed by atoms with Crippen LogP contribution in [0.1, 0.15) is 65.2 Å². The fourth-order valence-electron chi connectivity index (χ4n) is 4.89. The molecule has 1 heterocycles. The third-order valence-electron chi connectivity index (χ3n) is 7.07. The van der Waals surface area contributed by atoms with Gasteiger partial charge >= 0.3 is 12.0 Å². The Hall–Kier alpha value is -2.12. The zero-order valence-electron chi connectivity index (χ0n) is 17.7. The molecule has 8 nitrogen and oxygen atoms in total. The summed E-state index contributed by atoms with van der Waals surface area (Å²) in [7, 11) is 1.74. The maximum absolute atomic E-state index is 12.9. The molecular weight excluding hydrogens is 374 g/mol. The van der Waals surface area contributed by atoms with Gasteiger partial charge in [-0.2, -0.15) is 0 Å². The van der Waals surface area contributed by atoms with Crippen molar-refractivity contribution in [1.29, 1.82) is 0 Å². The van der Waals surface area contributed by atoms with E-state index in [1.165, 1.54) is 0 Å². The monoisotopic (exact) mass is 407 g/mol.